The van der Waals surface area contributed by atoms with E-state index >= 15 is 0 Å². The molecule has 4 aliphatic carbocycles. The summed E-state index contributed by atoms with van der Waals surface area (Å²) in [5, 5.41) is 0. The summed E-state index contributed by atoms with van der Waals surface area (Å²) in [5.74, 6) is 3.15. The van der Waals surface area contributed by atoms with Crippen molar-refractivity contribution in [1.82, 2.24) is 0 Å². The van der Waals surface area contributed by atoms with Gasteiger partial charge in [0.25, 0.3) is 0 Å². The monoisotopic (exact) mass is 204 g/mol. The van der Waals surface area contributed by atoms with Crippen molar-refractivity contribution in [3.8, 4) is 0 Å². The molecule has 4 fully saturated rings. The molecule has 1 heteroatoms. The topological polar surface area (TPSA) is 17.1 Å². The van der Waals surface area contributed by atoms with Gasteiger partial charge in [0.2, 0.25) is 0 Å². The molecule has 82 valence electrons. The first-order chi connectivity index (χ1) is 7.15. The number of ketones is 1. The fourth-order valence-corrected chi connectivity index (χ4v) is 4.68. The summed E-state index contributed by atoms with van der Waals surface area (Å²) in [6.45, 7) is 1.66. The Labute approximate surface area is 91.9 Å². The first-order valence-corrected chi connectivity index (χ1v) is 6.35. The van der Waals surface area contributed by atoms with E-state index in [4.69, 9.17) is 0 Å². The van der Waals surface area contributed by atoms with Crippen LogP contribution in [0.1, 0.15) is 45.4 Å². The Balaban J connectivity index is 1.84. The second-order valence-corrected chi connectivity index (χ2v) is 6.22. The number of carbonyl (C=O) groups is 1. The fourth-order valence-electron chi connectivity index (χ4n) is 4.68. The summed E-state index contributed by atoms with van der Waals surface area (Å²) in [7, 11) is 0. The number of hydrogen-bond donors (Lipinski definition) is 0. The highest BCUT2D eigenvalue weighted by Gasteiger charge is 2.49. The lowest BCUT2D eigenvalue weighted by Gasteiger charge is -2.55. The molecule has 0 unspecified atom stereocenters. The molecule has 15 heavy (non-hydrogen) atoms. The van der Waals surface area contributed by atoms with E-state index in [0.29, 0.717) is 5.41 Å². The summed E-state index contributed by atoms with van der Waals surface area (Å²) >= 11 is 0. The van der Waals surface area contributed by atoms with Crippen LogP contribution in [-0.2, 0) is 4.79 Å². The predicted octanol–water partition coefficient (Wildman–Crippen LogP) is 3.35. The van der Waals surface area contributed by atoms with E-state index in [-0.39, 0.29) is 5.78 Å². The molecular weight excluding hydrogens is 184 g/mol. The van der Waals surface area contributed by atoms with Crippen molar-refractivity contribution in [1.29, 1.82) is 0 Å². The lowest BCUT2D eigenvalue weighted by molar-refractivity contribution is -0.112. The number of carbonyl (C=O) groups excluding carboxylic acids is 1. The summed E-state index contributed by atoms with van der Waals surface area (Å²) in [5.41, 5.74) is 0.431. The first-order valence-electron chi connectivity index (χ1n) is 6.35. The largest absolute Gasteiger partial charge is 0.295 e. The van der Waals surface area contributed by atoms with E-state index in [1.54, 1.807) is 6.92 Å². The van der Waals surface area contributed by atoms with Gasteiger partial charge in [0, 0.05) is 0 Å². The van der Waals surface area contributed by atoms with Gasteiger partial charge in [-0.2, -0.15) is 0 Å². The van der Waals surface area contributed by atoms with E-state index in [0.717, 1.165) is 17.8 Å². The van der Waals surface area contributed by atoms with Crippen LogP contribution in [-0.4, -0.2) is 5.78 Å². The quantitative estimate of drug-likeness (QED) is 0.630. The summed E-state index contributed by atoms with van der Waals surface area (Å²) in [4.78, 5) is 11.1. The van der Waals surface area contributed by atoms with Gasteiger partial charge in [0.05, 0.1) is 0 Å². The van der Waals surface area contributed by atoms with Gasteiger partial charge in [-0.1, -0.05) is 6.08 Å². The van der Waals surface area contributed by atoms with Crippen molar-refractivity contribution in [3.63, 3.8) is 0 Å². The van der Waals surface area contributed by atoms with Gasteiger partial charge in [-0.15, -0.1) is 0 Å². The molecular formula is C14H20O. The highest BCUT2D eigenvalue weighted by atomic mass is 16.1. The van der Waals surface area contributed by atoms with E-state index < -0.39 is 0 Å². The molecule has 4 saturated carbocycles. The third kappa shape index (κ3) is 1.66. The lowest BCUT2D eigenvalue weighted by Crippen LogP contribution is -2.45. The molecule has 0 spiro atoms. The second-order valence-electron chi connectivity index (χ2n) is 6.22. The smallest absolute Gasteiger partial charge is 0.152 e. The van der Waals surface area contributed by atoms with Crippen molar-refractivity contribution >= 4 is 5.78 Å². The zero-order valence-electron chi connectivity index (χ0n) is 9.54. The summed E-state index contributed by atoms with van der Waals surface area (Å²) in [6, 6.07) is 0. The van der Waals surface area contributed by atoms with Crippen LogP contribution in [0.4, 0.5) is 0 Å². The Morgan fingerprint density at radius 3 is 1.93 bits per heavy atom. The van der Waals surface area contributed by atoms with Crippen LogP contribution in [0.2, 0.25) is 0 Å². The minimum Gasteiger partial charge on any atom is -0.295 e. The fraction of sp³-hybridized carbons (Fsp3) is 0.786. The first kappa shape index (κ1) is 9.62. The zero-order valence-corrected chi connectivity index (χ0v) is 9.54. The van der Waals surface area contributed by atoms with Gasteiger partial charge in [-0.3, -0.25) is 4.79 Å². The van der Waals surface area contributed by atoms with E-state index in [9.17, 15) is 4.79 Å². The van der Waals surface area contributed by atoms with Crippen molar-refractivity contribution in [2.45, 2.75) is 45.4 Å². The Kier molecular flexibility index (Phi) is 2.05. The van der Waals surface area contributed by atoms with Crippen molar-refractivity contribution < 1.29 is 4.79 Å². The number of hydrogen-bond acceptors (Lipinski definition) is 1. The minimum absolute atomic E-state index is 0.214. The number of allylic oxidation sites excluding steroid dienone is 2. The van der Waals surface area contributed by atoms with Crippen LogP contribution < -0.4 is 0 Å². The average Bonchev–Trinajstić information content (AvgIpc) is 2.12. The second kappa shape index (κ2) is 3.20. The molecule has 4 aliphatic rings. The van der Waals surface area contributed by atoms with Gasteiger partial charge >= 0.3 is 0 Å². The Morgan fingerprint density at radius 1 is 1.07 bits per heavy atom. The van der Waals surface area contributed by atoms with Crippen LogP contribution in [0.3, 0.4) is 0 Å². The maximum Gasteiger partial charge on any atom is 0.152 e. The molecule has 1 nitrogen and oxygen atoms in total. The van der Waals surface area contributed by atoms with E-state index in [1.807, 2.05) is 6.08 Å². The summed E-state index contributed by atoms with van der Waals surface area (Å²) < 4.78 is 0. The number of rotatable bonds is 2. The molecule has 0 radical (unpaired) electrons. The molecule has 0 amide bonds. The van der Waals surface area contributed by atoms with Crippen LogP contribution >= 0.6 is 0 Å². The normalized spacial score (nSPS) is 47.7. The maximum atomic E-state index is 11.1. The Bertz CT molecular complexity index is 278. The van der Waals surface area contributed by atoms with E-state index in [2.05, 4.69) is 6.08 Å². The van der Waals surface area contributed by atoms with E-state index in [1.165, 1.54) is 38.5 Å². The van der Waals surface area contributed by atoms with Crippen LogP contribution in [0.25, 0.3) is 0 Å². The van der Waals surface area contributed by atoms with Crippen LogP contribution in [0.15, 0.2) is 12.2 Å². The third-order valence-corrected chi connectivity index (χ3v) is 4.76. The molecule has 0 N–H and O–H groups in total. The van der Waals surface area contributed by atoms with Gasteiger partial charge in [0.15, 0.2) is 5.78 Å². The average molecular weight is 204 g/mol. The minimum atomic E-state index is 0.214. The van der Waals surface area contributed by atoms with Crippen LogP contribution in [0.5, 0.6) is 0 Å². The highest BCUT2D eigenvalue weighted by molar-refractivity contribution is 5.87. The lowest BCUT2D eigenvalue weighted by atomic mass is 9.49. The molecule has 0 aromatic carbocycles. The van der Waals surface area contributed by atoms with Gasteiger partial charge < -0.3 is 0 Å². The van der Waals surface area contributed by atoms with Gasteiger partial charge in [-0.25, -0.2) is 0 Å². The highest BCUT2D eigenvalue weighted by Crippen LogP contribution is 2.60. The van der Waals surface area contributed by atoms with Crippen LogP contribution in [0, 0.1) is 23.2 Å². The maximum absolute atomic E-state index is 11.1. The van der Waals surface area contributed by atoms with Gasteiger partial charge in [-0.05, 0) is 74.7 Å². The molecule has 0 aromatic heterocycles. The Hall–Kier alpha value is -0.590. The molecule has 0 aliphatic heterocycles. The van der Waals surface area contributed by atoms with Crippen molar-refractivity contribution in [3.05, 3.63) is 12.2 Å². The SMILES string of the molecule is CC(=O)/C=C/C12CC3CC(CC(C3)C1)C2. The predicted molar refractivity (Wildman–Crippen MR) is 60.4 cm³/mol. The van der Waals surface area contributed by atoms with Crippen molar-refractivity contribution in [2.24, 2.45) is 23.2 Å². The van der Waals surface area contributed by atoms with Crippen molar-refractivity contribution in [2.75, 3.05) is 0 Å². The molecule has 4 rings (SSSR count). The third-order valence-electron chi connectivity index (χ3n) is 4.76. The molecule has 0 atom stereocenters. The Morgan fingerprint density at radius 2 is 1.53 bits per heavy atom. The molecule has 0 heterocycles. The molecule has 0 saturated heterocycles. The molecule has 4 bridgehead atoms. The molecule has 0 aromatic rings. The summed E-state index contributed by atoms with van der Waals surface area (Å²) in [6.07, 6.45) is 12.6. The van der Waals surface area contributed by atoms with Gasteiger partial charge in [0.1, 0.15) is 0 Å². The zero-order chi connectivity index (χ0) is 10.5. The standard InChI is InChI=1S/C14H20O/c1-10(15)2-3-14-7-11-4-12(8-14)6-13(5-11)9-14/h2-3,11-13H,4-9H2,1H3/b3-2+.